The summed E-state index contributed by atoms with van der Waals surface area (Å²) >= 11 is 10.5. The lowest BCUT2D eigenvalue weighted by atomic mass is 10.4. The Kier molecular flexibility index (Phi) is 6.63. The average molecular weight is 392 g/mol. The predicted molar refractivity (Wildman–Crippen MR) is 93.2 cm³/mol. The molecule has 0 aliphatic rings. The molecule has 0 unspecified atom stereocenters. The van der Waals surface area contributed by atoms with Gasteiger partial charge in [-0.2, -0.15) is 0 Å². The van der Waals surface area contributed by atoms with Crippen LogP contribution in [0.25, 0.3) is 10.3 Å². The molecular formula is C14H18BrNO3S2. The number of halogens is 1. The van der Waals surface area contributed by atoms with Gasteiger partial charge in [-0.05, 0) is 22.9 Å². The molecule has 0 N–H and O–H groups in total. The van der Waals surface area contributed by atoms with E-state index in [2.05, 4.69) is 27.8 Å². The fourth-order valence-corrected chi connectivity index (χ4v) is 3.69. The van der Waals surface area contributed by atoms with Crippen molar-refractivity contribution in [2.45, 2.75) is 6.92 Å². The number of thiophene rings is 1. The third-order valence-electron chi connectivity index (χ3n) is 3.02. The minimum Gasteiger partial charge on any atom is -0.438 e. The Morgan fingerprint density at radius 3 is 2.90 bits per heavy atom. The van der Waals surface area contributed by atoms with Crippen molar-refractivity contribution in [3.05, 3.63) is 20.4 Å². The van der Waals surface area contributed by atoms with E-state index in [1.165, 1.54) is 0 Å². The Labute approximate surface area is 141 Å². The molecule has 2 aromatic rings. The predicted octanol–water partition coefficient (Wildman–Crippen LogP) is 4.48. The van der Waals surface area contributed by atoms with Crippen molar-refractivity contribution >= 4 is 55.7 Å². The third-order valence-corrected chi connectivity index (χ3v) is 5.36. The molecule has 2 heterocycles. The second-order valence-electron chi connectivity index (χ2n) is 4.38. The molecule has 2 rings (SSSR count). The number of rotatable bonds is 8. The fraction of sp³-hybridized carbons (Fsp3) is 0.500. The van der Waals surface area contributed by atoms with Crippen molar-refractivity contribution < 1.29 is 13.9 Å². The maximum absolute atomic E-state index is 5.99. The highest BCUT2D eigenvalue weighted by molar-refractivity contribution is 9.10. The van der Waals surface area contributed by atoms with Gasteiger partial charge in [-0.15, -0.1) is 11.3 Å². The molecule has 0 radical (unpaired) electrons. The third kappa shape index (κ3) is 4.26. The Bertz CT molecular complexity index is 641. The van der Waals surface area contributed by atoms with Crippen LogP contribution >= 0.6 is 39.5 Å². The highest BCUT2D eigenvalue weighted by Gasteiger charge is 2.12. The largest absolute Gasteiger partial charge is 0.438 e. The van der Waals surface area contributed by atoms with Crippen LogP contribution in [0.5, 0.6) is 0 Å². The van der Waals surface area contributed by atoms with Crippen molar-refractivity contribution in [2.24, 2.45) is 0 Å². The highest BCUT2D eigenvalue weighted by Crippen LogP contribution is 2.34. The summed E-state index contributed by atoms with van der Waals surface area (Å²) in [5.41, 5.74) is 0.821. The van der Waals surface area contributed by atoms with E-state index < -0.39 is 0 Å². The molecule has 7 heteroatoms. The first-order valence-corrected chi connectivity index (χ1v) is 8.78. The van der Waals surface area contributed by atoms with Gasteiger partial charge in [0.05, 0.1) is 33.5 Å². The second kappa shape index (κ2) is 8.24. The molecule has 0 fully saturated rings. The van der Waals surface area contributed by atoms with Crippen LogP contribution in [0.2, 0.25) is 0 Å². The Balaban J connectivity index is 2.10. The van der Waals surface area contributed by atoms with Crippen molar-refractivity contribution in [2.75, 3.05) is 44.9 Å². The highest BCUT2D eigenvalue weighted by atomic mass is 79.9. The summed E-state index contributed by atoms with van der Waals surface area (Å²) in [6.07, 6.45) is 0. The average Bonchev–Trinajstić information content (AvgIpc) is 2.85. The SMILES string of the molecule is CCN(CCOCCOC)c1cc(=S)c2scc(Br)c2o1. The second-order valence-corrected chi connectivity index (χ2v) is 6.55. The zero-order valence-electron chi connectivity index (χ0n) is 12.1. The van der Waals surface area contributed by atoms with Gasteiger partial charge in [0.15, 0.2) is 11.5 Å². The summed E-state index contributed by atoms with van der Waals surface area (Å²) in [6, 6.07) is 1.92. The van der Waals surface area contributed by atoms with Gasteiger partial charge in [0, 0.05) is 31.6 Å². The number of fused-ring (bicyclic) bond motifs is 1. The smallest absolute Gasteiger partial charge is 0.197 e. The Hall–Kier alpha value is -0.470. The fourth-order valence-electron chi connectivity index (χ4n) is 1.90. The first kappa shape index (κ1) is 16.9. The number of likely N-dealkylation sites (N-methyl/N-ethyl adjacent to an activating group) is 1. The molecule has 21 heavy (non-hydrogen) atoms. The molecule has 0 aromatic carbocycles. The van der Waals surface area contributed by atoms with E-state index >= 15 is 0 Å². The van der Waals surface area contributed by atoms with Gasteiger partial charge in [0.2, 0.25) is 0 Å². The summed E-state index contributed by atoms with van der Waals surface area (Å²) in [5.74, 6) is 0.782. The molecule has 116 valence electrons. The van der Waals surface area contributed by atoms with E-state index in [1.54, 1.807) is 18.4 Å². The topological polar surface area (TPSA) is 34.8 Å². The summed E-state index contributed by atoms with van der Waals surface area (Å²) in [5, 5.41) is 2.00. The first-order valence-electron chi connectivity index (χ1n) is 6.69. The maximum Gasteiger partial charge on any atom is 0.197 e. The van der Waals surface area contributed by atoms with Crippen molar-refractivity contribution in [1.82, 2.24) is 0 Å². The summed E-state index contributed by atoms with van der Waals surface area (Å²) in [7, 11) is 1.67. The quantitative estimate of drug-likeness (QED) is 0.489. The van der Waals surface area contributed by atoms with Gasteiger partial charge in [-0.3, -0.25) is 0 Å². The van der Waals surface area contributed by atoms with Crippen LogP contribution in [-0.2, 0) is 9.47 Å². The Morgan fingerprint density at radius 2 is 2.19 bits per heavy atom. The molecular weight excluding hydrogens is 374 g/mol. The van der Waals surface area contributed by atoms with E-state index in [0.29, 0.717) is 19.8 Å². The zero-order valence-corrected chi connectivity index (χ0v) is 15.3. The lowest BCUT2D eigenvalue weighted by Crippen LogP contribution is -2.27. The lowest BCUT2D eigenvalue weighted by Gasteiger charge is -2.21. The van der Waals surface area contributed by atoms with Gasteiger partial charge in [-0.1, -0.05) is 12.2 Å². The summed E-state index contributed by atoms with van der Waals surface area (Å²) in [6.45, 7) is 5.51. The van der Waals surface area contributed by atoms with Crippen LogP contribution in [0.1, 0.15) is 6.92 Å². The molecule has 0 saturated carbocycles. The maximum atomic E-state index is 5.99. The molecule has 4 nitrogen and oxygen atoms in total. The molecule has 0 aliphatic carbocycles. The van der Waals surface area contributed by atoms with E-state index in [0.717, 1.165) is 38.2 Å². The summed E-state index contributed by atoms with van der Waals surface area (Å²) in [4.78, 5) is 2.12. The van der Waals surface area contributed by atoms with Gasteiger partial charge in [-0.25, -0.2) is 0 Å². The van der Waals surface area contributed by atoms with E-state index in [9.17, 15) is 0 Å². The minimum atomic E-state index is 0.604. The van der Waals surface area contributed by atoms with Crippen LogP contribution in [0.4, 0.5) is 5.88 Å². The number of anilines is 1. The molecule has 0 saturated heterocycles. The van der Waals surface area contributed by atoms with Crippen molar-refractivity contribution in [3.8, 4) is 0 Å². The van der Waals surface area contributed by atoms with Crippen LogP contribution in [0.3, 0.4) is 0 Å². The molecule has 0 bridgehead atoms. The van der Waals surface area contributed by atoms with E-state index in [1.807, 2.05) is 11.4 Å². The van der Waals surface area contributed by atoms with Crippen LogP contribution in [0.15, 0.2) is 20.3 Å². The molecule has 0 atom stereocenters. The van der Waals surface area contributed by atoms with E-state index in [4.69, 9.17) is 26.1 Å². The number of methoxy groups -OCH3 is 1. The normalized spacial score (nSPS) is 11.2. The van der Waals surface area contributed by atoms with Gasteiger partial charge in [0.1, 0.15) is 0 Å². The minimum absolute atomic E-state index is 0.604. The monoisotopic (exact) mass is 391 g/mol. The first-order chi connectivity index (χ1) is 10.2. The molecule has 0 aliphatic heterocycles. The van der Waals surface area contributed by atoms with Crippen LogP contribution < -0.4 is 4.90 Å². The van der Waals surface area contributed by atoms with Gasteiger partial charge >= 0.3 is 0 Å². The van der Waals surface area contributed by atoms with Crippen molar-refractivity contribution in [1.29, 1.82) is 0 Å². The zero-order chi connectivity index (χ0) is 15.2. The van der Waals surface area contributed by atoms with Gasteiger partial charge in [0.25, 0.3) is 0 Å². The standard InChI is InChI=1S/C14H18BrNO3S2/c1-3-16(4-5-18-7-6-17-2)12-8-11(20)14-13(19-12)10(15)9-21-14/h8-9H,3-7H2,1-2H3. The Morgan fingerprint density at radius 1 is 1.38 bits per heavy atom. The van der Waals surface area contributed by atoms with Crippen molar-refractivity contribution in [3.63, 3.8) is 0 Å². The van der Waals surface area contributed by atoms with Crippen LogP contribution in [0, 0.1) is 4.51 Å². The number of ether oxygens (including phenoxy) is 2. The van der Waals surface area contributed by atoms with Gasteiger partial charge < -0.3 is 18.8 Å². The molecule has 0 amide bonds. The molecule has 2 aromatic heterocycles. The summed E-state index contributed by atoms with van der Waals surface area (Å²) < 4.78 is 19.2. The van der Waals surface area contributed by atoms with Crippen LogP contribution in [-0.4, -0.2) is 40.0 Å². The molecule has 0 spiro atoms. The van der Waals surface area contributed by atoms with E-state index in [-0.39, 0.29) is 0 Å². The number of nitrogens with zero attached hydrogens (tertiary/aromatic N) is 1. The lowest BCUT2D eigenvalue weighted by molar-refractivity contribution is 0.0739. The number of hydrogen-bond donors (Lipinski definition) is 0. The number of hydrogen-bond acceptors (Lipinski definition) is 6.